The van der Waals surface area contributed by atoms with Crippen LogP contribution >= 0.6 is 11.8 Å². The highest BCUT2D eigenvalue weighted by atomic mass is 32.2. The number of alkyl halides is 3. The van der Waals surface area contributed by atoms with E-state index < -0.39 is 23.5 Å². The molecule has 1 aromatic heterocycles. The first kappa shape index (κ1) is 20.8. The smallest absolute Gasteiger partial charge is 0.433 e. The minimum Gasteiger partial charge on any atom is -0.493 e. The minimum absolute atomic E-state index is 0.0343. The first-order valence-electron chi connectivity index (χ1n) is 8.10. The molecule has 152 valence electrons. The summed E-state index contributed by atoms with van der Waals surface area (Å²) in [5, 5.41) is -0.227. The standard InChI is InChI=1S/C19H13F5N2O2S/c1-27-14-4-2-3-5-15(14)28-17-9-16(19(22,23)24)25-18(26-17)29-10-11-6-7-12(20)13(21)8-11/h2-9H,10H2,1H3. The van der Waals surface area contributed by atoms with Crippen LogP contribution in [0.4, 0.5) is 22.0 Å². The maximum atomic E-state index is 13.3. The van der Waals surface area contributed by atoms with Crippen molar-refractivity contribution < 1.29 is 31.4 Å². The maximum absolute atomic E-state index is 13.3. The van der Waals surface area contributed by atoms with Crippen LogP contribution in [0.5, 0.6) is 17.4 Å². The molecule has 0 saturated carbocycles. The minimum atomic E-state index is -4.72. The summed E-state index contributed by atoms with van der Waals surface area (Å²) >= 11 is 0.830. The lowest BCUT2D eigenvalue weighted by Crippen LogP contribution is -2.10. The Bertz CT molecular complexity index is 1010. The third kappa shape index (κ3) is 5.35. The van der Waals surface area contributed by atoms with Crippen LogP contribution in [0.1, 0.15) is 11.3 Å². The highest BCUT2D eigenvalue weighted by Crippen LogP contribution is 2.35. The lowest BCUT2D eigenvalue weighted by atomic mass is 10.2. The van der Waals surface area contributed by atoms with Gasteiger partial charge in [0.05, 0.1) is 7.11 Å². The lowest BCUT2D eigenvalue weighted by molar-refractivity contribution is -0.141. The van der Waals surface area contributed by atoms with E-state index in [2.05, 4.69) is 9.97 Å². The van der Waals surface area contributed by atoms with Crippen LogP contribution < -0.4 is 9.47 Å². The topological polar surface area (TPSA) is 44.2 Å². The van der Waals surface area contributed by atoms with E-state index >= 15 is 0 Å². The summed E-state index contributed by atoms with van der Waals surface area (Å²) < 4.78 is 76.6. The van der Waals surface area contributed by atoms with Crippen LogP contribution in [0, 0.1) is 11.6 Å². The fourth-order valence-corrected chi connectivity index (χ4v) is 3.05. The zero-order chi connectivity index (χ0) is 21.0. The van der Waals surface area contributed by atoms with Crippen molar-refractivity contribution in [3.63, 3.8) is 0 Å². The summed E-state index contributed by atoms with van der Waals surface area (Å²) in [6, 6.07) is 10.3. The molecule has 0 aliphatic carbocycles. The van der Waals surface area contributed by atoms with Gasteiger partial charge in [-0.3, -0.25) is 0 Å². The molecule has 0 N–H and O–H groups in total. The van der Waals surface area contributed by atoms with Gasteiger partial charge in [0.25, 0.3) is 0 Å². The average molecular weight is 428 g/mol. The Kier molecular flexibility index (Phi) is 6.21. The Morgan fingerprint density at radius 3 is 2.31 bits per heavy atom. The third-order valence-electron chi connectivity index (χ3n) is 3.61. The first-order chi connectivity index (χ1) is 13.8. The molecule has 0 aliphatic heterocycles. The van der Waals surface area contributed by atoms with E-state index in [1.54, 1.807) is 18.2 Å². The monoisotopic (exact) mass is 428 g/mol. The third-order valence-corrected chi connectivity index (χ3v) is 4.53. The first-order valence-corrected chi connectivity index (χ1v) is 9.08. The van der Waals surface area contributed by atoms with Gasteiger partial charge in [0.1, 0.15) is 0 Å². The van der Waals surface area contributed by atoms with Gasteiger partial charge in [0, 0.05) is 11.8 Å². The quantitative estimate of drug-likeness (QED) is 0.279. The van der Waals surface area contributed by atoms with Crippen LogP contribution in [-0.2, 0) is 11.9 Å². The van der Waals surface area contributed by atoms with E-state index in [0.717, 1.165) is 23.9 Å². The van der Waals surface area contributed by atoms with Gasteiger partial charge in [-0.25, -0.2) is 13.8 Å². The van der Waals surface area contributed by atoms with E-state index in [0.29, 0.717) is 17.4 Å². The van der Waals surface area contributed by atoms with Crippen LogP contribution in [0.15, 0.2) is 53.7 Å². The van der Waals surface area contributed by atoms with Crippen molar-refractivity contribution in [1.82, 2.24) is 9.97 Å². The van der Waals surface area contributed by atoms with Crippen molar-refractivity contribution in [1.29, 1.82) is 0 Å². The van der Waals surface area contributed by atoms with E-state index in [4.69, 9.17) is 9.47 Å². The second kappa shape index (κ2) is 8.64. The molecule has 2 aromatic carbocycles. The van der Waals surface area contributed by atoms with Gasteiger partial charge >= 0.3 is 6.18 Å². The average Bonchev–Trinajstić information content (AvgIpc) is 2.68. The molecule has 0 unspecified atom stereocenters. The predicted molar refractivity (Wildman–Crippen MR) is 96.0 cm³/mol. The van der Waals surface area contributed by atoms with Gasteiger partial charge in [0.15, 0.2) is 34.0 Å². The summed E-state index contributed by atoms with van der Waals surface area (Å²) in [5.41, 5.74) is -0.827. The Morgan fingerprint density at radius 1 is 0.931 bits per heavy atom. The number of thioether (sulfide) groups is 1. The van der Waals surface area contributed by atoms with Gasteiger partial charge < -0.3 is 9.47 Å². The van der Waals surface area contributed by atoms with Crippen LogP contribution in [0.3, 0.4) is 0 Å². The number of para-hydroxylation sites is 2. The fourth-order valence-electron chi connectivity index (χ4n) is 2.26. The molecule has 0 amide bonds. The molecular formula is C19H13F5N2O2S. The molecule has 0 spiro atoms. The van der Waals surface area contributed by atoms with Crippen molar-refractivity contribution in [3.8, 4) is 17.4 Å². The Morgan fingerprint density at radius 2 is 1.66 bits per heavy atom. The number of hydrogen-bond acceptors (Lipinski definition) is 5. The summed E-state index contributed by atoms with van der Waals surface area (Å²) in [4.78, 5) is 7.47. The molecule has 29 heavy (non-hydrogen) atoms. The Labute approximate surface area is 166 Å². The van der Waals surface area contributed by atoms with Gasteiger partial charge in [0.2, 0.25) is 5.88 Å². The van der Waals surface area contributed by atoms with E-state index in [-0.39, 0.29) is 22.5 Å². The summed E-state index contributed by atoms with van der Waals surface area (Å²) in [6.07, 6.45) is -4.72. The van der Waals surface area contributed by atoms with Crippen molar-refractivity contribution in [3.05, 3.63) is 71.4 Å². The molecule has 3 aromatic rings. The fraction of sp³-hybridized carbons (Fsp3) is 0.158. The largest absolute Gasteiger partial charge is 0.493 e. The van der Waals surface area contributed by atoms with E-state index in [1.807, 2.05) is 0 Å². The maximum Gasteiger partial charge on any atom is 0.433 e. The summed E-state index contributed by atoms with van der Waals surface area (Å²) in [5.74, 6) is -1.86. The number of halogens is 5. The Balaban J connectivity index is 1.88. The lowest BCUT2D eigenvalue weighted by Gasteiger charge is -2.12. The predicted octanol–water partition coefficient (Wildman–Crippen LogP) is 5.87. The highest BCUT2D eigenvalue weighted by Gasteiger charge is 2.34. The van der Waals surface area contributed by atoms with Crippen LogP contribution in [0.25, 0.3) is 0 Å². The molecule has 0 saturated heterocycles. The normalized spacial score (nSPS) is 11.4. The van der Waals surface area contributed by atoms with Crippen molar-refractivity contribution in [2.24, 2.45) is 0 Å². The summed E-state index contributed by atoms with van der Waals surface area (Å²) in [6.45, 7) is 0. The van der Waals surface area contributed by atoms with Gasteiger partial charge in [-0.1, -0.05) is 30.0 Å². The van der Waals surface area contributed by atoms with Gasteiger partial charge in [-0.15, -0.1) is 0 Å². The van der Waals surface area contributed by atoms with Crippen LogP contribution in [0.2, 0.25) is 0 Å². The van der Waals surface area contributed by atoms with Crippen molar-refractivity contribution in [2.75, 3.05) is 7.11 Å². The summed E-state index contributed by atoms with van der Waals surface area (Å²) in [7, 11) is 1.40. The zero-order valence-corrected chi connectivity index (χ0v) is 15.7. The number of ether oxygens (including phenoxy) is 2. The second-order valence-corrected chi connectivity index (χ2v) is 6.60. The molecule has 4 nitrogen and oxygen atoms in total. The Hall–Kier alpha value is -2.88. The molecule has 1 heterocycles. The zero-order valence-electron chi connectivity index (χ0n) is 14.8. The van der Waals surface area contributed by atoms with Crippen LogP contribution in [-0.4, -0.2) is 17.1 Å². The van der Waals surface area contributed by atoms with E-state index in [1.165, 1.54) is 19.2 Å². The number of nitrogens with zero attached hydrogens (tertiary/aromatic N) is 2. The molecule has 0 bridgehead atoms. The van der Waals surface area contributed by atoms with Gasteiger partial charge in [-0.2, -0.15) is 18.2 Å². The number of hydrogen-bond donors (Lipinski definition) is 0. The molecule has 3 rings (SSSR count). The molecular weight excluding hydrogens is 415 g/mol. The number of aromatic nitrogens is 2. The molecule has 0 aliphatic rings. The molecule has 0 fully saturated rings. The van der Waals surface area contributed by atoms with Crippen molar-refractivity contribution in [2.45, 2.75) is 17.1 Å². The number of rotatable bonds is 6. The second-order valence-electron chi connectivity index (χ2n) is 5.66. The molecule has 0 radical (unpaired) electrons. The SMILES string of the molecule is COc1ccccc1Oc1cc(C(F)(F)F)nc(SCc2ccc(F)c(F)c2)n1. The highest BCUT2D eigenvalue weighted by molar-refractivity contribution is 7.98. The molecule has 10 heteroatoms. The van der Waals surface area contributed by atoms with Gasteiger partial charge in [-0.05, 0) is 29.8 Å². The van der Waals surface area contributed by atoms with Crippen molar-refractivity contribution >= 4 is 11.8 Å². The number of benzene rings is 2. The van der Waals surface area contributed by atoms with E-state index in [9.17, 15) is 22.0 Å². The number of methoxy groups -OCH3 is 1. The molecule has 0 atom stereocenters.